The van der Waals surface area contributed by atoms with Crippen LogP contribution in [-0.4, -0.2) is 28.5 Å². The number of carbonyl (C=O) groups excluding carboxylic acids is 1. The third kappa shape index (κ3) is 4.12. The van der Waals surface area contributed by atoms with Gasteiger partial charge in [0.25, 0.3) is 5.91 Å². The van der Waals surface area contributed by atoms with Gasteiger partial charge >= 0.3 is 0 Å². The monoisotopic (exact) mass is 357 g/mol. The van der Waals surface area contributed by atoms with Crippen molar-refractivity contribution in [3.05, 3.63) is 28.3 Å². The first-order chi connectivity index (χ1) is 10.4. The molecule has 2 rings (SSSR count). The van der Waals surface area contributed by atoms with E-state index in [1.165, 1.54) is 23.1 Å². The number of ether oxygens (including phenoxy) is 1. The van der Waals surface area contributed by atoms with E-state index in [0.717, 1.165) is 15.5 Å². The highest BCUT2D eigenvalue weighted by Crippen LogP contribution is 2.27. The molecule has 0 bridgehead atoms. The number of nitrogens with one attached hydrogen (secondary N) is 1. The number of anilines is 1. The first-order valence-corrected chi connectivity index (χ1v) is 8.94. The molecule has 0 spiro atoms. The van der Waals surface area contributed by atoms with E-state index in [-0.39, 0.29) is 5.91 Å². The second-order valence-electron chi connectivity index (χ2n) is 4.70. The molecule has 8 heteroatoms. The average Bonchev–Trinajstić information content (AvgIpc) is 2.92. The van der Waals surface area contributed by atoms with E-state index in [0.29, 0.717) is 15.9 Å². The summed E-state index contributed by atoms with van der Waals surface area (Å²) in [5.74, 6) is 0.346. The van der Waals surface area contributed by atoms with E-state index in [9.17, 15) is 4.79 Å². The van der Waals surface area contributed by atoms with E-state index in [1.807, 2.05) is 32.2 Å². The van der Waals surface area contributed by atoms with Crippen molar-refractivity contribution in [3.8, 4) is 5.75 Å². The normalized spacial score (nSPS) is 12.0. The maximum absolute atomic E-state index is 12.1. The third-order valence-electron chi connectivity index (χ3n) is 2.90. The van der Waals surface area contributed by atoms with Crippen LogP contribution in [-0.2, 0) is 4.79 Å². The van der Waals surface area contributed by atoms with Gasteiger partial charge in [-0.2, -0.15) is 0 Å². The fourth-order valence-corrected chi connectivity index (χ4v) is 3.06. The molecule has 1 aromatic carbocycles. The minimum atomic E-state index is -0.651. The number of carbonyl (C=O) groups is 1. The Kier molecular flexibility index (Phi) is 5.66. The summed E-state index contributed by atoms with van der Waals surface area (Å²) in [6.07, 6.45) is 1.25. The predicted octanol–water partition coefficient (Wildman–Crippen LogP) is 3.94. The lowest BCUT2D eigenvalue weighted by Gasteiger charge is -2.15. The number of amides is 1. The van der Waals surface area contributed by atoms with Gasteiger partial charge in [-0.3, -0.25) is 10.1 Å². The van der Waals surface area contributed by atoms with Gasteiger partial charge in [0.05, 0.1) is 0 Å². The lowest BCUT2D eigenvalue weighted by atomic mass is 10.1. The summed E-state index contributed by atoms with van der Waals surface area (Å²) in [6, 6.07) is 3.63. The van der Waals surface area contributed by atoms with Gasteiger partial charge in [0.2, 0.25) is 5.13 Å². The summed E-state index contributed by atoms with van der Waals surface area (Å²) in [5.41, 5.74) is 1.83. The highest BCUT2D eigenvalue weighted by molar-refractivity contribution is 8.00. The minimum Gasteiger partial charge on any atom is -0.481 e. The number of benzene rings is 1. The Hall–Kier alpha value is -1.31. The zero-order valence-corrected chi connectivity index (χ0v) is 15.0. The SMILES string of the molecule is CSc1nnc(NC(=O)C(C)Oc2cc(C)c(Cl)c(C)c2)s1. The summed E-state index contributed by atoms with van der Waals surface area (Å²) >= 11 is 8.93. The maximum Gasteiger partial charge on any atom is 0.266 e. The largest absolute Gasteiger partial charge is 0.481 e. The highest BCUT2D eigenvalue weighted by atomic mass is 35.5. The van der Waals surface area contributed by atoms with E-state index >= 15 is 0 Å². The van der Waals surface area contributed by atoms with E-state index < -0.39 is 6.10 Å². The Morgan fingerprint density at radius 2 is 2.00 bits per heavy atom. The van der Waals surface area contributed by atoms with Crippen LogP contribution in [0.3, 0.4) is 0 Å². The van der Waals surface area contributed by atoms with Gasteiger partial charge in [-0.1, -0.05) is 34.7 Å². The van der Waals surface area contributed by atoms with Crippen LogP contribution in [0.2, 0.25) is 5.02 Å². The number of thioether (sulfide) groups is 1. The fourth-order valence-electron chi connectivity index (χ4n) is 1.78. The van der Waals surface area contributed by atoms with Crippen LogP contribution in [0.1, 0.15) is 18.1 Å². The topological polar surface area (TPSA) is 64.1 Å². The second-order valence-corrected chi connectivity index (χ2v) is 7.11. The van der Waals surface area contributed by atoms with Gasteiger partial charge in [-0.25, -0.2) is 0 Å². The summed E-state index contributed by atoms with van der Waals surface area (Å²) in [4.78, 5) is 12.1. The van der Waals surface area contributed by atoms with Gasteiger partial charge in [-0.05, 0) is 50.3 Å². The Morgan fingerprint density at radius 1 is 1.36 bits per heavy atom. The number of aromatic nitrogens is 2. The zero-order chi connectivity index (χ0) is 16.3. The number of hydrogen-bond donors (Lipinski definition) is 1. The van der Waals surface area contributed by atoms with Crippen molar-refractivity contribution in [1.29, 1.82) is 0 Å². The Bertz CT molecular complexity index is 667. The van der Waals surface area contributed by atoms with Gasteiger partial charge in [-0.15, -0.1) is 10.2 Å². The van der Waals surface area contributed by atoms with Crippen LogP contribution in [0.15, 0.2) is 16.5 Å². The molecule has 118 valence electrons. The first kappa shape index (κ1) is 17.1. The molecule has 2 aromatic rings. The summed E-state index contributed by atoms with van der Waals surface area (Å²) in [7, 11) is 0. The maximum atomic E-state index is 12.1. The molecule has 22 heavy (non-hydrogen) atoms. The van der Waals surface area contributed by atoms with Crippen molar-refractivity contribution in [2.45, 2.75) is 31.2 Å². The van der Waals surface area contributed by atoms with Gasteiger partial charge < -0.3 is 4.74 Å². The number of rotatable bonds is 5. The van der Waals surface area contributed by atoms with E-state index in [2.05, 4.69) is 15.5 Å². The molecule has 0 aliphatic rings. The molecule has 0 saturated heterocycles. The van der Waals surface area contributed by atoms with Crippen LogP contribution in [0.25, 0.3) is 0 Å². The summed E-state index contributed by atoms with van der Waals surface area (Å²) in [6.45, 7) is 5.49. The van der Waals surface area contributed by atoms with Crippen molar-refractivity contribution >= 4 is 45.7 Å². The smallest absolute Gasteiger partial charge is 0.266 e. The Morgan fingerprint density at radius 3 is 2.55 bits per heavy atom. The standard InChI is InChI=1S/C14H16ClN3O2S2/c1-7-5-10(6-8(2)11(7)15)20-9(3)12(19)16-13-17-18-14(21-4)22-13/h5-6,9H,1-4H3,(H,16,17,19). The van der Waals surface area contributed by atoms with Gasteiger partial charge in [0, 0.05) is 5.02 Å². The molecule has 0 radical (unpaired) electrons. The third-order valence-corrected chi connectivity index (χ3v) is 5.31. The number of aryl methyl sites for hydroxylation is 2. The zero-order valence-electron chi connectivity index (χ0n) is 12.6. The van der Waals surface area contributed by atoms with Crippen LogP contribution in [0.5, 0.6) is 5.75 Å². The van der Waals surface area contributed by atoms with Crippen LogP contribution >= 0.6 is 34.7 Å². The Balaban J connectivity index is 2.02. The quantitative estimate of drug-likeness (QED) is 0.648. The molecule has 1 N–H and O–H groups in total. The van der Waals surface area contributed by atoms with Crippen LogP contribution < -0.4 is 10.1 Å². The van der Waals surface area contributed by atoms with Gasteiger partial charge in [0.1, 0.15) is 5.75 Å². The molecule has 5 nitrogen and oxygen atoms in total. The number of hydrogen-bond acceptors (Lipinski definition) is 6. The molecule has 0 aliphatic carbocycles. The van der Waals surface area contributed by atoms with Gasteiger partial charge in [0.15, 0.2) is 10.4 Å². The molecule has 1 aromatic heterocycles. The lowest BCUT2D eigenvalue weighted by Crippen LogP contribution is -2.30. The van der Waals surface area contributed by atoms with Crippen LogP contribution in [0, 0.1) is 13.8 Å². The van der Waals surface area contributed by atoms with Crippen molar-refractivity contribution in [2.24, 2.45) is 0 Å². The van der Waals surface area contributed by atoms with Crippen molar-refractivity contribution in [2.75, 3.05) is 11.6 Å². The van der Waals surface area contributed by atoms with E-state index in [4.69, 9.17) is 16.3 Å². The molecule has 0 fully saturated rings. The van der Waals surface area contributed by atoms with Crippen molar-refractivity contribution < 1.29 is 9.53 Å². The molecule has 1 atom stereocenters. The predicted molar refractivity (Wildman–Crippen MR) is 91.3 cm³/mol. The van der Waals surface area contributed by atoms with E-state index in [1.54, 1.807) is 6.92 Å². The van der Waals surface area contributed by atoms with Crippen molar-refractivity contribution in [1.82, 2.24) is 10.2 Å². The highest BCUT2D eigenvalue weighted by Gasteiger charge is 2.17. The molecule has 1 unspecified atom stereocenters. The fraction of sp³-hybridized carbons (Fsp3) is 0.357. The molecule has 1 amide bonds. The first-order valence-electron chi connectivity index (χ1n) is 6.52. The lowest BCUT2D eigenvalue weighted by molar-refractivity contribution is -0.122. The second kappa shape index (κ2) is 7.30. The van der Waals surface area contributed by atoms with Crippen LogP contribution in [0.4, 0.5) is 5.13 Å². The molecular formula is C14H16ClN3O2S2. The molecule has 1 heterocycles. The average molecular weight is 358 g/mol. The van der Waals surface area contributed by atoms with Crippen molar-refractivity contribution in [3.63, 3.8) is 0 Å². The summed E-state index contributed by atoms with van der Waals surface area (Å²) < 4.78 is 6.48. The minimum absolute atomic E-state index is 0.269. The number of halogens is 1. The number of nitrogens with zero attached hydrogens (tertiary/aromatic N) is 2. The molecular weight excluding hydrogens is 342 g/mol. The summed E-state index contributed by atoms with van der Waals surface area (Å²) in [5, 5.41) is 11.7. The molecule has 0 saturated carbocycles. The Labute approximate surface area is 142 Å². The molecule has 0 aliphatic heterocycles.